The number of hydrogen-bond donors (Lipinski definition) is 2. The number of carbonyl (C=O) groups excluding carboxylic acids is 1. The zero-order valence-corrected chi connectivity index (χ0v) is 15.8. The molecule has 0 saturated carbocycles. The van der Waals surface area contributed by atoms with Crippen molar-refractivity contribution >= 4 is 29.0 Å². The highest BCUT2D eigenvalue weighted by molar-refractivity contribution is 6.30. The van der Waals surface area contributed by atoms with E-state index < -0.39 is 0 Å². The van der Waals surface area contributed by atoms with E-state index >= 15 is 0 Å². The second-order valence-corrected chi connectivity index (χ2v) is 6.29. The van der Waals surface area contributed by atoms with E-state index in [1.165, 1.54) is 6.33 Å². The second-order valence-electron chi connectivity index (χ2n) is 5.85. The molecule has 2 aromatic carbocycles. The summed E-state index contributed by atoms with van der Waals surface area (Å²) in [5.41, 5.74) is 2.13. The summed E-state index contributed by atoms with van der Waals surface area (Å²) in [4.78, 5) is 20.1. The Labute approximate surface area is 168 Å². The van der Waals surface area contributed by atoms with Crippen LogP contribution in [-0.2, 0) is 6.61 Å². The van der Waals surface area contributed by atoms with Gasteiger partial charge in [0.05, 0.1) is 0 Å². The maximum atomic E-state index is 12.0. The fourth-order valence-corrected chi connectivity index (χ4v) is 2.46. The first-order valence-corrected chi connectivity index (χ1v) is 8.97. The van der Waals surface area contributed by atoms with E-state index in [1.807, 2.05) is 48.5 Å². The number of aromatic nitrogens is 2. The predicted molar refractivity (Wildman–Crippen MR) is 110 cm³/mol. The van der Waals surface area contributed by atoms with E-state index in [2.05, 4.69) is 27.2 Å². The molecular formula is C21H19ClN4O2. The van der Waals surface area contributed by atoms with Crippen molar-refractivity contribution in [2.45, 2.75) is 6.61 Å². The van der Waals surface area contributed by atoms with E-state index in [4.69, 9.17) is 16.3 Å². The van der Waals surface area contributed by atoms with Crippen LogP contribution in [0, 0.1) is 0 Å². The molecule has 0 aliphatic carbocycles. The third kappa shape index (κ3) is 5.56. The lowest BCUT2D eigenvalue weighted by atomic mass is 10.2. The highest BCUT2D eigenvalue weighted by atomic mass is 35.5. The zero-order chi connectivity index (χ0) is 19.8. The second kappa shape index (κ2) is 9.53. The Morgan fingerprint density at radius 3 is 2.57 bits per heavy atom. The Bertz CT molecular complexity index is 943. The van der Waals surface area contributed by atoms with Gasteiger partial charge in [0, 0.05) is 23.3 Å². The first-order valence-electron chi connectivity index (χ1n) is 8.59. The summed E-state index contributed by atoms with van der Waals surface area (Å²) in [6.45, 7) is 4.40. The quantitative estimate of drug-likeness (QED) is 0.555. The number of nitrogens with one attached hydrogen (secondary N) is 2. The number of ether oxygens (including phenoxy) is 1. The number of nitrogens with zero attached hydrogens (tertiary/aromatic N) is 2. The predicted octanol–water partition coefficient (Wildman–Crippen LogP) is 4.37. The third-order valence-corrected chi connectivity index (χ3v) is 4.00. The molecule has 3 rings (SSSR count). The van der Waals surface area contributed by atoms with Gasteiger partial charge in [-0.05, 0) is 42.0 Å². The van der Waals surface area contributed by atoms with Gasteiger partial charge in [0.2, 0.25) is 0 Å². The molecule has 0 saturated heterocycles. The molecule has 7 heteroatoms. The molecule has 142 valence electrons. The van der Waals surface area contributed by atoms with Crippen LogP contribution in [0.3, 0.4) is 0 Å². The maximum Gasteiger partial charge on any atom is 0.270 e. The van der Waals surface area contributed by atoms with E-state index in [9.17, 15) is 4.79 Å². The van der Waals surface area contributed by atoms with Crippen LogP contribution in [0.4, 0.5) is 11.5 Å². The molecule has 0 atom stereocenters. The standard InChI is InChI=1S/C21H19ClN4O2/c1-2-11-23-21(27)19-12-20(25-14-24-19)26-17-7-9-18(10-8-17)28-13-15-3-5-16(22)6-4-15/h2-10,12,14H,1,11,13H2,(H,23,27)(H,24,25,26). The zero-order valence-electron chi connectivity index (χ0n) is 15.1. The molecule has 28 heavy (non-hydrogen) atoms. The van der Waals surface area contributed by atoms with Gasteiger partial charge in [-0.15, -0.1) is 6.58 Å². The lowest BCUT2D eigenvalue weighted by molar-refractivity contribution is 0.0953. The van der Waals surface area contributed by atoms with Crippen molar-refractivity contribution in [3.63, 3.8) is 0 Å². The minimum atomic E-state index is -0.281. The SMILES string of the molecule is C=CCNC(=O)c1cc(Nc2ccc(OCc3ccc(Cl)cc3)cc2)ncn1. The lowest BCUT2D eigenvalue weighted by Crippen LogP contribution is -2.24. The number of halogens is 1. The molecule has 2 N–H and O–H groups in total. The highest BCUT2D eigenvalue weighted by Crippen LogP contribution is 2.20. The highest BCUT2D eigenvalue weighted by Gasteiger charge is 2.08. The molecule has 1 amide bonds. The maximum absolute atomic E-state index is 12.0. The molecule has 0 bridgehead atoms. The van der Waals surface area contributed by atoms with Crippen molar-refractivity contribution in [1.29, 1.82) is 0 Å². The Hall–Kier alpha value is -3.38. The number of rotatable bonds is 8. The number of amides is 1. The van der Waals surface area contributed by atoms with Crippen LogP contribution >= 0.6 is 11.6 Å². The van der Waals surface area contributed by atoms with Gasteiger partial charge in [-0.2, -0.15) is 0 Å². The van der Waals surface area contributed by atoms with Crippen LogP contribution in [-0.4, -0.2) is 22.4 Å². The average Bonchev–Trinajstić information content (AvgIpc) is 2.73. The third-order valence-electron chi connectivity index (χ3n) is 3.75. The molecule has 0 aliphatic heterocycles. The Morgan fingerprint density at radius 1 is 1.11 bits per heavy atom. The summed E-state index contributed by atoms with van der Waals surface area (Å²) in [5.74, 6) is 0.984. The molecule has 0 radical (unpaired) electrons. The fourth-order valence-electron chi connectivity index (χ4n) is 2.33. The van der Waals surface area contributed by atoms with Gasteiger partial charge in [-0.3, -0.25) is 4.79 Å². The smallest absolute Gasteiger partial charge is 0.270 e. The lowest BCUT2D eigenvalue weighted by Gasteiger charge is -2.09. The minimum Gasteiger partial charge on any atom is -0.489 e. The molecule has 1 aromatic heterocycles. The Kier molecular flexibility index (Phi) is 6.59. The van der Waals surface area contributed by atoms with Crippen molar-refractivity contribution in [3.05, 3.63) is 89.9 Å². The summed E-state index contributed by atoms with van der Waals surface area (Å²) in [6, 6.07) is 16.6. The summed E-state index contributed by atoms with van der Waals surface area (Å²) >= 11 is 5.88. The van der Waals surface area contributed by atoms with Gasteiger partial charge in [-0.25, -0.2) is 9.97 Å². The molecule has 6 nitrogen and oxygen atoms in total. The first kappa shape index (κ1) is 19.4. The number of anilines is 2. The van der Waals surface area contributed by atoms with Crippen LogP contribution in [0.25, 0.3) is 0 Å². The van der Waals surface area contributed by atoms with E-state index in [0.717, 1.165) is 17.0 Å². The van der Waals surface area contributed by atoms with Crippen molar-refractivity contribution < 1.29 is 9.53 Å². The Morgan fingerprint density at radius 2 is 1.86 bits per heavy atom. The molecular weight excluding hydrogens is 376 g/mol. The van der Waals surface area contributed by atoms with Gasteiger partial charge in [0.25, 0.3) is 5.91 Å². The summed E-state index contributed by atoms with van der Waals surface area (Å²) in [5, 5.41) is 6.52. The summed E-state index contributed by atoms with van der Waals surface area (Å²) < 4.78 is 5.77. The van der Waals surface area contributed by atoms with Crippen LogP contribution in [0.15, 0.2) is 73.6 Å². The molecule has 0 spiro atoms. The van der Waals surface area contributed by atoms with Crippen molar-refractivity contribution in [2.24, 2.45) is 0 Å². The van der Waals surface area contributed by atoms with Gasteiger partial charge in [-0.1, -0.05) is 29.8 Å². The monoisotopic (exact) mass is 394 g/mol. The van der Waals surface area contributed by atoms with E-state index in [0.29, 0.717) is 24.0 Å². The van der Waals surface area contributed by atoms with Crippen LogP contribution in [0.5, 0.6) is 5.75 Å². The van der Waals surface area contributed by atoms with E-state index in [-0.39, 0.29) is 11.6 Å². The minimum absolute atomic E-state index is 0.280. The fraction of sp³-hybridized carbons (Fsp3) is 0.0952. The normalized spacial score (nSPS) is 10.2. The summed E-state index contributed by atoms with van der Waals surface area (Å²) in [6.07, 6.45) is 2.95. The first-order chi connectivity index (χ1) is 13.6. The molecule has 1 heterocycles. The molecule has 0 fully saturated rings. The van der Waals surface area contributed by atoms with Gasteiger partial charge >= 0.3 is 0 Å². The Balaban J connectivity index is 1.58. The van der Waals surface area contributed by atoms with Gasteiger partial charge in [0.15, 0.2) is 0 Å². The van der Waals surface area contributed by atoms with Crippen molar-refractivity contribution in [1.82, 2.24) is 15.3 Å². The van der Waals surface area contributed by atoms with Crippen LogP contribution in [0.2, 0.25) is 5.02 Å². The number of carbonyl (C=O) groups is 1. The van der Waals surface area contributed by atoms with E-state index in [1.54, 1.807) is 12.1 Å². The summed E-state index contributed by atoms with van der Waals surface area (Å²) in [7, 11) is 0. The largest absolute Gasteiger partial charge is 0.489 e. The van der Waals surface area contributed by atoms with Crippen molar-refractivity contribution in [2.75, 3.05) is 11.9 Å². The van der Waals surface area contributed by atoms with Crippen LogP contribution < -0.4 is 15.4 Å². The molecule has 0 aliphatic rings. The number of benzene rings is 2. The number of hydrogen-bond acceptors (Lipinski definition) is 5. The van der Waals surface area contributed by atoms with Gasteiger partial charge in [0.1, 0.15) is 30.2 Å². The molecule has 3 aromatic rings. The topological polar surface area (TPSA) is 76.1 Å². The average molecular weight is 395 g/mol. The van der Waals surface area contributed by atoms with Gasteiger partial charge < -0.3 is 15.4 Å². The van der Waals surface area contributed by atoms with Crippen molar-refractivity contribution in [3.8, 4) is 5.75 Å². The van der Waals surface area contributed by atoms with Crippen LogP contribution in [0.1, 0.15) is 16.1 Å². The molecule has 0 unspecified atom stereocenters.